The van der Waals surface area contributed by atoms with Crippen molar-refractivity contribution in [2.75, 3.05) is 44.8 Å². The van der Waals surface area contributed by atoms with Crippen molar-refractivity contribution < 1.29 is 28.1 Å². The summed E-state index contributed by atoms with van der Waals surface area (Å²) in [5, 5.41) is 11.4. The third kappa shape index (κ3) is 5.99. The first-order chi connectivity index (χ1) is 26.1. The van der Waals surface area contributed by atoms with E-state index in [1.54, 1.807) is 12.3 Å². The molecule has 7 heterocycles. The quantitative estimate of drug-likeness (QED) is 0.207. The summed E-state index contributed by atoms with van der Waals surface area (Å²) < 4.78 is 41.9. The van der Waals surface area contributed by atoms with E-state index in [9.17, 15) is 4.79 Å². The SMILES string of the molecule is COc1nc(-c2c(C)c(Cl)cc3[nH]ncc23)c(F)c2nc(OC[C@]34CCC[C@H]3N(C3C[C@@H](C)O[C@@H](C)C3)CCC4)nc(N3CCC[C@]4(CNC(=O)O4)C3)c12. The van der Waals surface area contributed by atoms with Gasteiger partial charge in [0.25, 0.3) is 0 Å². The average Bonchev–Trinajstić information content (AvgIpc) is 3.90. The number of nitrogens with one attached hydrogen (secondary N) is 2. The lowest BCUT2D eigenvalue weighted by Gasteiger charge is -2.51. The van der Waals surface area contributed by atoms with Crippen molar-refractivity contribution in [3.8, 4) is 23.1 Å². The summed E-state index contributed by atoms with van der Waals surface area (Å²) in [6, 6.07) is 2.73. The second kappa shape index (κ2) is 13.6. The Morgan fingerprint density at radius 3 is 2.67 bits per heavy atom. The maximum atomic E-state index is 17.4. The summed E-state index contributed by atoms with van der Waals surface area (Å²) in [5.74, 6) is -0.0483. The van der Waals surface area contributed by atoms with Gasteiger partial charge < -0.3 is 29.2 Å². The van der Waals surface area contributed by atoms with Crippen molar-refractivity contribution in [3.63, 3.8) is 0 Å². The first kappa shape index (κ1) is 35.7. The Bertz CT molecular complexity index is 2110. The first-order valence-corrected chi connectivity index (χ1v) is 19.8. The molecule has 4 aromatic rings. The molecule has 9 rings (SSSR count). The number of halogens is 2. The highest BCUT2D eigenvalue weighted by Gasteiger charge is 2.51. The van der Waals surface area contributed by atoms with Crippen LogP contribution < -0.4 is 19.7 Å². The van der Waals surface area contributed by atoms with Crippen LogP contribution in [0.25, 0.3) is 33.1 Å². The minimum atomic E-state index is -0.738. The van der Waals surface area contributed by atoms with Crippen LogP contribution in [0.3, 0.4) is 0 Å². The van der Waals surface area contributed by atoms with Crippen molar-refractivity contribution in [2.24, 2.45) is 5.41 Å². The Labute approximate surface area is 318 Å². The molecule has 1 spiro atoms. The van der Waals surface area contributed by atoms with Gasteiger partial charge in [-0.15, -0.1) is 0 Å². The normalized spacial score (nSPS) is 30.2. The number of H-pyrrole nitrogens is 1. The van der Waals surface area contributed by atoms with Gasteiger partial charge in [-0.1, -0.05) is 18.0 Å². The molecule has 2 N–H and O–H groups in total. The zero-order valence-corrected chi connectivity index (χ0v) is 32.1. The summed E-state index contributed by atoms with van der Waals surface area (Å²) in [7, 11) is 1.50. The van der Waals surface area contributed by atoms with Crippen molar-refractivity contribution in [3.05, 3.63) is 28.7 Å². The fraction of sp³-hybridized carbons (Fsp3) is 0.615. The highest BCUT2D eigenvalue weighted by Crippen LogP contribution is 2.50. The number of carbonyl (C=O) groups is 1. The number of piperidine rings is 2. The lowest BCUT2D eigenvalue weighted by Crippen LogP contribution is -2.57. The van der Waals surface area contributed by atoms with Gasteiger partial charge in [-0.05, 0) is 90.3 Å². The molecular weight excluding hydrogens is 715 g/mol. The Balaban J connectivity index is 1.14. The van der Waals surface area contributed by atoms with Crippen LogP contribution in [0.5, 0.6) is 11.9 Å². The molecule has 13 nitrogen and oxygen atoms in total. The molecule has 1 aliphatic carbocycles. The molecule has 3 aromatic heterocycles. The van der Waals surface area contributed by atoms with E-state index in [4.69, 9.17) is 45.5 Å². The van der Waals surface area contributed by atoms with Crippen LogP contribution in [0.15, 0.2) is 12.3 Å². The predicted octanol–water partition coefficient (Wildman–Crippen LogP) is 6.73. The molecular formula is C39H48ClFN8O5. The number of ether oxygens (including phenoxy) is 4. The van der Waals surface area contributed by atoms with Crippen molar-refractivity contribution >= 4 is 45.3 Å². The fourth-order valence-corrected chi connectivity index (χ4v) is 10.6. The van der Waals surface area contributed by atoms with Gasteiger partial charge in [-0.3, -0.25) is 10.00 Å². The summed E-state index contributed by atoms with van der Waals surface area (Å²) >= 11 is 6.67. The van der Waals surface area contributed by atoms with Gasteiger partial charge in [0, 0.05) is 40.0 Å². The first-order valence-electron chi connectivity index (χ1n) is 19.4. The lowest BCUT2D eigenvalue weighted by molar-refractivity contribution is -0.0967. The maximum Gasteiger partial charge on any atom is 0.407 e. The van der Waals surface area contributed by atoms with Gasteiger partial charge >= 0.3 is 12.1 Å². The number of hydrogen-bond acceptors (Lipinski definition) is 11. The monoisotopic (exact) mass is 762 g/mol. The minimum Gasteiger partial charge on any atom is -0.480 e. The van der Waals surface area contributed by atoms with E-state index in [0.717, 1.165) is 57.9 Å². The zero-order chi connectivity index (χ0) is 37.4. The van der Waals surface area contributed by atoms with Crippen LogP contribution in [0.2, 0.25) is 5.02 Å². The number of anilines is 1. The van der Waals surface area contributed by atoms with Crippen LogP contribution in [0.4, 0.5) is 15.0 Å². The van der Waals surface area contributed by atoms with E-state index in [2.05, 4.69) is 34.3 Å². The molecule has 54 heavy (non-hydrogen) atoms. The molecule has 0 bridgehead atoms. The number of rotatable bonds is 7. The van der Waals surface area contributed by atoms with E-state index in [-0.39, 0.29) is 40.7 Å². The molecule has 288 valence electrons. The van der Waals surface area contributed by atoms with E-state index in [0.29, 0.717) is 83.0 Å². The van der Waals surface area contributed by atoms with E-state index < -0.39 is 17.5 Å². The zero-order valence-electron chi connectivity index (χ0n) is 31.3. The molecule has 6 atom stereocenters. The van der Waals surface area contributed by atoms with Crippen LogP contribution in [-0.4, -0.2) is 106 Å². The number of alkyl carbamates (subject to hydrolysis) is 1. The summed E-state index contributed by atoms with van der Waals surface area (Å²) in [6.07, 6.45) is 10.6. The largest absolute Gasteiger partial charge is 0.480 e. The molecule has 5 aliphatic rings. The molecule has 1 saturated carbocycles. The van der Waals surface area contributed by atoms with Crippen LogP contribution in [-0.2, 0) is 9.47 Å². The van der Waals surface area contributed by atoms with Crippen LogP contribution in [0, 0.1) is 18.2 Å². The van der Waals surface area contributed by atoms with E-state index in [1.807, 2.05) is 11.8 Å². The number of methoxy groups -OCH3 is 1. The number of pyridine rings is 1. The summed E-state index contributed by atoms with van der Waals surface area (Å²) in [6.45, 7) is 9.05. The average molecular weight is 763 g/mol. The second-order valence-electron chi connectivity index (χ2n) is 16.3. The third-order valence-corrected chi connectivity index (χ3v) is 13.2. The van der Waals surface area contributed by atoms with Gasteiger partial charge in [-0.2, -0.15) is 15.1 Å². The number of nitrogens with zero attached hydrogens (tertiary/aromatic N) is 6. The number of benzene rings is 1. The maximum absolute atomic E-state index is 17.4. The Kier molecular flexibility index (Phi) is 9.00. The van der Waals surface area contributed by atoms with Gasteiger partial charge in [-0.25, -0.2) is 14.2 Å². The number of hydrogen-bond donors (Lipinski definition) is 2. The standard InChI is InChI=1S/C39H48ClFN8O5/c1-21-14-24(15-22(2)53-21)49-13-6-10-38(9-5-8-28(38)49)20-52-36-45-33-30(34(46-36)48-12-7-11-39(19-48)18-42-37(50)54-39)35(51-4)44-32(31(33)41)29-23(3)26(40)16-27-25(29)17-43-47-27/h16-17,21-22,24,28H,5-15,18-20H2,1-4H3,(H,42,50)(H,43,47)/t21-,22+,24?,28-,38-,39+/m1/s1. The number of likely N-dealkylation sites (tertiary alicyclic amines) is 1. The number of aromatic nitrogens is 5. The minimum absolute atomic E-state index is 0.0324. The van der Waals surface area contributed by atoms with Crippen molar-refractivity contribution in [1.29, 1.82) is 0 Å². The summed E-state index contributed by atoms with van der Waals surface area (Å²) in [4.78, 5) is 31.7. The van der Waals surface area contributed by atoms with Crippen molar-refractivity contribution in [2.45, 2.75) is 108 Å². The molecule has 5 fully saturated rings. The van der Waals surface area contributed by atoms with E-state index in [1.165, 1.54) is 7.11 Å². The van der Waals surface area contributed by atoms with Gasteiger partial charge in [0.15, 0.2) is 5.82 Å². The van der Waals surface area contributed by atoms with E-state index >= 15 is 4.39 Å². The molecule has 1 amide bonds. The molecule has 4 aliphatic heterocycles. The summed E-state index contributed by atoms with van der Waals surface area (Å²) in [5.41, 5.74) is 1.08. The second-order valence-corrected chi connectivity index (χ2v) is 16.7. The highest BCUT2D eigenvalue weighted by molar-refractivity contribution is 6.33. The number of fused-ring (bicyclic) bond motifs is 3. The van der Waals surface area contributed by atoms with Crippen LogP contribution >= 0.6 is 11.6 Å². The predicted molar refractivity (Wildman–Crippen MR) is 202 cm³/mol. The Morgan fingerprint density at radius 2 is 1.89 bits per heavy atom. The highest BCUT2D eigenvalue weighted by atomic mass is 35.5. The molecule has 15 heteroatoms. The van der Waals surface area contributed by atoms with Gasteiger partial charge in [0.1, 0.15) is 28.0 Å². The molecule has 4 saturated heterocycles. The van der Waals surface area contributed by atoms with Gasteiger partial charge in [0.2, 0.25) is 5.88 Å². The number of aromatic amines is 1. The smallest absolute Gasteiger partial charge is 0.407 e. The molecule has 0 radical (unpaired) electrons. The topological polar surface area (TPSA) is 140 Å². The lowest BCUT2D eigenvalue weighted by atomic mass is 9.74. The van der Waals surface area contributed by atoms with Crippen molar-refractivity contribution in [1.82, 2.24) is 35.4 Å². The van der Waals surface area contributed by atoms with Gasteiger partial charge in [0.05, 0.1) is 50.7 Å². The van der Waals surface area contributed by atoms with Crippen LogP contribution in [0.1, 0.15) is 77.2 Å². The Morgan fingerprint density at radius 1 is 1.09 bits per heavy atom. The number of amides is 1. The number of carbonyl (C=O) groups excluding carboxylic acids is 1. The molecule has 1 aromatic carbocycles. The Hall–Kier alpha value is -4.01. The third-order valence-electron chi connectivity index (χ3n) is 12.8. The molecule has 1 unspecified atom stereocenters. The fourth-order valence-electron chi connectivity index (χ4n) is 10.4.